The maximum Gasteiger partial charge on any atom is 0.282 e. The lowest BCUT2D eigenvalue weighted by atomic mass is 10.1. The zero-order chi connectivity index (χ0) is 18.8. The summed E-state index contributed by atoms with van der Waals surface area (Å²) in [6.45, 7) is 0. The topological polar surface area (TPSA) is 70.1 Å². The van der Waals surface area contributed by atoms with Gasteiger partial charge in [-0.05, 0) is 48.5 Å². The number of ether oxygens (including phenoxy) is 1. The molecule has 1 heterocycles. The van der Waals surface area contributed by atoms with Crippen molar-refractivity contribution < 1.29 is 17.7 Å². The number of halogens is 2. The molecule has 3 aromatic rings. The summed E-state index contributed by atoms with van der Waals surface area (Å²) >= 11 is 0. The molecule has 0 aliphatic heterocycles. The van der Waals surface area contributed by atoms with Crippen molar-refractivity contribution >= 4 is 25.5 Å². The summed E-state index contributed by atoms with van der Waals surface area (Å²) in [5.41, 5.74) is 1.45. The van der Waals surface area contributed by atoms with Gasteiger partial charge in [-0.25, -0.2) is 22.8 Å². The molecule has 0 fully saturated rings. The number of alkyl halides is 2. The summed E-state index contributed by atoms with van der Waals surface area (Å²) < 4.78 is 44.4. The molecule has 0 aliphatic carbocycles. The second kappa shape index (κ2) is 7.61. The van der Waals surface area contributed by atoms with Crippen LogP contribution in [0, 0.1) is 0 Å². The Hall–Kier alpha value is -2.15. The monoisotopic (exact) mass is 395 g/mol. The van der Waals surface area contributed by atoms with Gasteiger partial charge >= 0.3 is 0 Å². The second-order valence-electron chi connectivity index (χ2n) is 5.41. The molecule has 3 rings (SSSR count). The van der Waals surface area contributed by atoms with Crippen molar-refractivity contribution in [3.05, 3.63) is 54.2 Å². The quantitative estimate of drug-likeness (QED) is 0.676. The molecule has 5 nitrogen and oxygen atoms in total. The van der Waals surface area contributed by atoms with Crippen LogP contribution in [0.4, 0.5) is 8.78 Å². The van der Waals surface area contributed by atoms with Crippen molar-refractivity contribution in [2.75, 3.05) is 7.11 Å². The van der Waals surface area contributed by atoms with Crippen molar-refractivity contribution in [2.24, 2.45) is 5.14 Å². The highest BCUT2D eigenvalue weighted by molar-refractivity contribution is 7.82. The lowest BCUT2D eigenvalue weighted by Crippen LogP contribution is -2.05. The number of aromatic nitrogens is 2. The maximum absolute atomic E-state index is 13.2. The van der Waals surface area contributed by atoms with Crippen molar-refractivity contribution in [1.29, 1.82) is 0 Å². The number of nitrogens with two attached hydrogens (primary N) is 1. The van der Waals surface area contributed by atoms with Crippen molar-refractivity contribution in [2.45, 2.75) is 11.3 Å². The number of hydrogen-bond donors (Lipinski definition) is 1. The van der Waals surface area contributed by atoms with Crippen LogP contribution in [0.3, 0.4) is 0 Å². The number of rotatable bonds is 5. The SMILES string of the molecule is COc1ccc(-c2cc(C(F)F)nn2-c2ccc(S(N)=O)cc2)cc1P. The Morgan fingerprint density at radius 1 is 1.19 bits per heavy atom. The van der Waals surface area contributed by atoms with Gasteiger partial charge in [0.15, 0.2) is 0 Å². The zero-order valence-electron chi connectivity index (χ0n) is 13.7. The number of benzene rings is 2. The van der Waals surface area contributed by atoms with Crippen LogP contribution in [0.5, 0.6) is 5.75 Å². The Bertz CT molecular complexity index is 961. The van der Waals surface area contributed by atoms with Gasteiger partial charge in [0.05, 0.1) is 23.4 Å². The third kappa shape index (κ3) is 3.67. The maximum atomic E-state index is 13.2. The predicted molar refractivity (Wildman–Crippen MR) is 100 cm³/mol. The fourth-order valence-electron chi connectivity index (χ4n) is 2.52. The molecule has 2 unspecified atom stereocenters. The highest BCUT2D eigenvalue weighted by Crippen LogP contribution is 2.29. The van der Waals surface area contributed by atoms with Crippen molar-refractivity contribution in [1.82, 2.24) is 9.78 Å². The lowest BCUT2D eigenvalue weighted by Gasteiger charge is -2.10. The number of nitrogens with zero attached hydrogens (tertiary/aromatic N) is 2. The van der Waals surface area contributed by atoms with Gasteiger partial charge < -0.3 is 4.74 Å². The van der Waals surface area contributed by atoms with E-state index in [2.05, 4.69) is 14.3 Å². The van der Waals surface area contributed by atoms with Crippen LogP contribution in [-0.4, -0.2) is 21.1 Å². The Morgan fingerprint density at radius 3 is 2.42 bits per heavy atom. The number of hydrogen-bond acceptors (Lipinski definition) is 3. The molecule has 2 aromatic carbocycles. The van der Waals surface area contributed by atoms with Crippen LogP contribution in [0.25, 0.3) is 16.9 Å². The Balaban J connectivity index is 2.13. The molecule has 2 N–H and O–H groups in total. The summed E-state index contributed by atoms with van der Waals surface area (Å²) in [7, 11) is 2.50. The van der Waals surface area contributed by atoms with Crippen molar-refractivity contribution in [3.63, 3.8) is 0 Å². The minimum absolute atomic E-state index is 0.326. The van der Waals surface area contributed by atoms with Gasteiger partial charge in [-0.3, -0.25) is 0 Å². The molecular formula is C17H16F2N3O2PS. The Kier molecular flexibility index (Phi) is 5.46. The van der Waals surface area contributed by atoms with Gasteiger partial charge in [0.1, 0.15) is 22.4 Å². The third-order valence-electron chi connectivity index (χ3n) is 3.79. The molecule has 0 saturated carbocycles. The molecule has 26 heavy (non-hydrogen) atoms. The van der Waals surface area contributed by atoms with Gasteiger partial charge in [-0.1, -0.05) is 0 Å². The van der Waals surface area contributed by atoms with Crippen LogP contribution in [0.1, 0.15) is 12.1 Å². The van der Waals surface area contributed by atoms with Gasteiger partial charge in [0, 0.05) is 10.9 Å². The minimum Gasteiger partial charge on any atom is -0.496 e. The molecule has 2 atom stereocenters. The average molecular weight is 395 g/mol. The number of methoxy groups -OCH3 is 1. The molecule has 1 aromatic heterocycles. The van der Waals surface area contributed by atoms with Gasteiger partial charge in [0.2, 0.25) is 0 Å². The smallest absolute Gasteiger partial charge is 0.282 e. The first-order valence-corrected chi connectivity index (χ1v) is 9.28. The van der Waals surface area contributed by atoms with Crippen LogP contribution in [-0.2, 0) is 11.0 Å². The average Bonchev–Trinajstić information content (AvgIpc) is 3.07. The van der Waals surface area contributed by atoms with Gasteiger partial charge in [-0.15, -0.1) is 9.24 Å². The van der Waals surface area contributed by atoms with Crippen LogP contribution in [0.2, 0.25) is 0 Å². The van der Waals surface area contributed by atoms with E-state index in [1.807, 2.05) is 6.07 Å². The van der Waals surface area contributed by atoms with E-state index >= 15 is 0 Å². The van der Waals surface area contributed by atoms with Gasteiger partial charge in [0.25, 0.3) is 6.43 Å². The van der Waals surface area contributed by atoms with E-state index in [9.17, 15) is 13.0 Å². The summed E-state index contributed by atoms with van der Waals surface area (Å²) in [5.74, 6) is 0.675. The molecule has 0 saturated heterocycles. The van der Waals surface area contributed by atoms with E-state index in [0.29, 0.717) is 27.6 Å². The molecule has 0 spiro atoms. The van der Waals surface area contributed by atoms with E-state index in [-0.39, 0.29) is 5.69 Å². The lowest BCUT2D eigenvalue weighted by molar-refractivity contribution is 0.145. The second-order valence-corrected chi connectivity index (χ2v) is 7.10. The molecule has 0 radical (unpaired) electrons. The summed E-state index contributed by atoms with van der Waals surface area (Å²) in [6.07, 6.45) is -2.69. The molecule has 0 amide bonds. The standard InChI is InChI=1S/C17H16F2N3O2PS/c1-24-15-7-2-10(8-16(15)25)14-9-13(17(18)19)21-22(14)11-3-5-12(6-4-11)26(20)23/h2-9,17H,20,25H2,1H3. The van der Waals surface area contributed by atoms with Crippen LogP contribution < -0.4 is 15.2 Å². The van der Waals surface area contributed by atoms with E-state index in [1.54, 1.807) is 43.5 Å². The van der Waals surface area contributed by atoms with E-state index < -0.39 is 17.4 Å². The summed E-state index contributed by atoms with van der Waals surface area (Å²) in [5, 5.41) is 10.2. The van der Waals surface area contributed by atoms with Crippen LogP contribution >= 0.6 is 9.24 Å². The minimum atomic E-state index is -2.69. The molecule has 0 aliphatic rings. The van der Waals surface area contributed by atoms with E-state index in [0.717, 1.165) is 5.30 Å². The first-order valence-electron chi connectivity index (χ1n) is 7.49. The summed E-state index contributed by atoms with van der Waals surface area (Å²) in [4.78, 5) is 0.438. The Labute approximate surface area is 154 Å². The predicted octanol–water partition coefficient (Wildman–Crippen LogP) is 2.97. The largest absolute Gasteiger partial charge is 0.496 e. The molecule has 136 valence electrons. The first kappa shape index (κ1) is 18.6. The Morgan fingerprint density at radius 2 is 1.88 bits per heavy atom. The van der Waals surface area contributed by atoms with E-state index in [4.69, 9.17) is 9.88 Å². The van der Waals surface area contributed by atoms with Gasteiger partial charge in [-0.2, -0.15) is 5.10 Å². The third-order valence-corrected chi connectivity index (χ3v) is 4.98. The molecule has 9 heteroatoms. The highest BCUT2D eigenvalue weighted by atomic mass is 32.2. The first-order chi connectivity index (χ1) is 12.4. The van der Waals surface area contributed by atoms with E-state index in [1.165, 1.54) is 10.7 Å². The zero-order valence-corrected chi connectivity index (χ0v) is 15.7. The fraction of sp³-hybridized carbons (Fsp3) is 0.118. The highest BCUT2D eigenvalue weighted by Gasteiger charge is 2.18. The molecule has 0 bridgehead atoms. The normalized spacial score (nSPS) is 12.4. The van der Waals surface area contributed by atoms with Crippen molar-refractivity contribution in [3.8, 4) is 22.7 Å². The summed E-state index contributed by atoms with van der Waals surface area (Å²) in [6, 6.07) is 13.1. The van der Waals surface area contributed by atoms with Crippen LogP contribution in [0.15, 0.2) is 53.4 Å². The molecular weight excluding hydrogens is 379 g/mol. The fourth-order valence-corrected chi connectivity index (χ4v) is 3.32.